The molecule has 0 aliphatic carbocycles. The van der Waals surface area contributed by atoms with E-state index >= 15 is 0 Å². The normalized spacial score (nSPS) is 28.8. The quantitative estimate of drug-likeness (QED) is 0.698. The summed E-state index contributed by atoms with van der Waals surface area (Å²) in [7, 11) is 0. The number of carbonyl (C=O) groups is 1. The van der Waals surface area contributed by atoms with Crippen LogP contribution in [0, 0.1) is 0 Å². The SMILES string of the molecule is O=C(Cc1ccc(Cl)c(Cl)c1)N1C2CCC1CC(Br)C2. The molecule has 1 aromatic rings. The summed E-state index contributed by atoms with van der Waals surface area (Å²) in [5, 5.41) is 1.04. The minimum absolute atomic E-state index is 0.218. The van der Waals surface area contributed by atoms with Gasteiger partial charge >= 0.3 is 0 Å². The Morgan fingerprint density at radius 3 is 2.45 bits per heavy atom. The van der Waals surface area contributed by atoms with Gasteiger partial charge in [0, 0.05) is 16.9 Å². The monoisotopic (exact) mass is 375 g/mol. The van der Waals surface area contributed by atoms with Crippen LogP contribution in [0.1, 0.15) is 31.2 Å². The van der Waals surface area contributed by atoms with Crippen LogP contribution in [-0.2, 0) is 11.2 Å². The Morgan fingerprint density at radius 2 is 1.85 bits per heavy atom. The fraction of sp³-hybridized carbons (Fsp3) is 0.533. The lowest BCUT2D eigenvalue weighted by atomic mass is 10.0. The van der Waals surface area contributed by atoms with Crippen LogP contribution < -0.4 is 0 Å². The molecule has 0 spiro atoms. The fourth-order valence-electron chi connectivity index (χ4n) is 3.43. The standard InChI is InChI=1S/C15H16BrCl2NO/c16-10-7-11-2-3-12(8-10)19(11)15(20)6-9-1-4-13(17)14(18)5-9/h1,4-5,10-12H,2-3,6-8H2. The van der Waals surface area contributed by atoms with Crippen molar-refractivity contribution in [2.24, 2.45) is 0 Å². The van der Waals surface area contributed by atoms with Crippen molar-refractivity contribution in [2.75, 3.05) is 0 Å². The van der Waals surface area contributed by atoms with Crippen molar-refractivity contribution in [3.8, 4) is 0 Å². The number of hydrogen-bond acceptors (Lipinski definition) is 1. The Morgan fingerprint density at radius 1 is 1.20 bits per heavy atom. The fourth-order valence-corrected chi connectivity index (χ4v) is 4.62. The van der Waals surface area contributed by atoms with Gasteiger partial charge in [0.25, 0.3) is 0 Å². The van der Waals surface area contributed by atoms with Gasteiger partial charge in [0.15, 0.2) is 0 Å². The van der Waals surface area contributed by atoms with Gasteiger partial charge in [0.05, 0.1) is 16.5 Å². The van der Waals surface area contributed by atoms with E-state index in [-0.39, 0.29) is 5.91 Å². The zero-order valence-corrected chi connectivity index (χ0v) is 14.1. The van der Waals surface area contributed by atoms with Gasteiger partial charge in [0.2, 0.25) is 5.91 Å². The van der Waals surface area contributed by atoms with Crippen molar-refractivity contribution in [3.63, 3.8) is 0 Å². The summed E-state index contributed by atoms with van der Waals surface area (Å²) < 4.78 is 0. The summed E-state index contributed by atoms with van der Waals surface area (Å²) in [5.41, 5.74) is 0.935. The highest BCUT2D eigenvalue weighted by atomic mass is 79.9. The molecule has 2 unspecified atom stereocenters. The number of amides is 1. The summed E-state index contributed by atoms with van der Waals surface area (Å²) in [6, 6.07) is 6.25. The molecule has 0 aromatic heterocycles. The molecule has 5 heteroatoms. The molecule has 2 fully saturated rings. The first kappa shape index (κ1) is 14.7. The average Bonchev–Trinajstić information content (AvgIpc) is 2.66. The van der Waals surface area contributed by atoms with E-state index in [0.717, 1.165) is 31.2 Å². The zero-order chi connectivity index (χ0) is 14.3. The summed E-state index contributed by atoms with van der Waals surface area (Å²) in [4.78, 5) is 15.2. The third-order valence-electron chi connectivity index (χ3n) is 4.30. The Hall–Kier alpha value is -0.250. The minimum Gasteiger partial charge on any atom is -0.336 e. The number of benzene rings is 1. The van der Waals surface area contributed by atoms with Crippen LogP contribution in [0.25, 0.3) is 0 Å². The smallest absolute Gasteiger partial charge is 0.227 e. The van der Waals surface area contributed by atoms with Crippen LogP contribution >= 0.6 is 39.1 Å². The maximum Gasteiger partial charge on any atom is 0.227 e. The molecule has 2 nitrogen and oxygen atoms in total. The van der Waals surface area contributed by atoms with Crippen molar-refractivity contribution < 1.29 is 4.79 Å². The summed E-state index contributed by atoms with van der Waals surface area (Å²) in [6.45, 7) is 0. The van der Waals surface area contributed by atoms with E-state index in [2.05, 4.69) is 20.8 Å². The van der Waals surface area contributed by atoms with Gasteiger partial charge in [-0.2, -0.15) is 0 Å². The summed E-state index contributed by atoms with van der Waals surface area (Å²) in [5.74, 6) is 0.218. The molecule has 0 saturated carbocycles. The number of nitrogens with zero attached hydrogens (tertiary/aromatic N) is 1. The Balaban J connectivity index is 1.72. The van der Waals surface area contributed by atoms with Crippen LogP contribution in [0.15, 0.2) is 18.2 Å². The van der Waals surface area contributed by atoms with E-state index in [9.17, 15) is 4.79 Å². The van der Waals surface area contributed by atoms with Crippen molar-refractivity contribution in [2.45, 2.75) is 49.0 Å². The Kier molecular flexibility index (Phi) is 4.30. The minimum atomic E-state index is 0.218. The molecule has 108 valence electrons. The average molecular weight is 377 g/mol. The second kappa shape index (κ2) is 5.86. The van der Waals surface area contributed by atoms with Gasteiger partial charge in [-0.3, -0.25) is 4.79 Å². The highest BCUT2D eigenvalue weighted by Crippen LogP contribution is 2.38. The van der Waals surface area contributed by atoms with E-state index in [0.29, 0.717) is 33.4 Å². The number of carbonyl (C=O) groups excluding carboxylic acids is 1. The van der Waals surface area contributed by atoms with Crippen LogP contribution in [0.3, 0.4) is 0 Å². The number of piperidine rings is 1. The van der Waals surface area contributed by atoms with E-state index in [1.807, 2.05) is 6.07 Å². The van der Waals surface area contributed by atoms with Gasteiger partial charge in [-0.05, 0) is 43.4 Å². The first-order valence-corrected chi connectivity index (χ1v) is 8.61. The van der Waals surface area contributed by atoms with Crippen molar-refractivity contribution >= 4 is 45.0 Å². The zero-order valence-electron chi connectivity index (χ0n) is 11.0. The number of rotatable bonds is 2. The third-order valence-corrected chi connectivity index (χ3v) is 5.79. The molecule has 3 rings (SSSR count). The largest absolute Gasteiger partial charge is 0.336 e. The maximum absolute atomic E-state index is 12.6. The molecule has 2 aliphatic rings. The molecular weight excluding hydrogens is 361 g/mol. The molecule has 2 saturated heterocycles. The summed E-state index contributed by atoms with van der Waals surface area (Å²) in [6.07, 6.45) is 4.84. The highest BCUT2D eigenvalue weighted by Gasteiger charge is 2.42. The number of hydrogen-bond donors (Lipinski definition) is 0. The first-order chi connectivity index (χ1) is 9.54. The number of alkyl halides is 1. The van der Waals surface area contributed by atoms with Gasteiger partial charge in [-0.1, -0.05) is 45.2 Å². The van der Waals surface area contributed by atoms with Crippen LogP contribution in [0.5, 0.6) is 0 Å². The van der Waals surface area contributed by atoms with E-state index in [1.54, 1.807) is 12.1 Å². The van der Waals surface area contributed by atoms with E-state index in [4.69, 9.17) is 23.2 Å². The van der Waals surface area contributed by atoms with Gasteiger partial charge in [-0.25, -0.2) is 0 Å². The van der Waals surface area contributed by atoms with E-state index in [1.165, 1.54) is 0 Å². The number of halogens is 3. The third kappa shape index (κ3) is 2.86. The Bertz CT molecular complexity index is 523. The molecule has 1 aromatic carbocycles. The molecular formula is C15H16BrCl2NO. The van der Waals surface area contributed by atoms with Crippen molar-refractivity contribution in [1.29, 1.82) is 0 Å². The topological polar surface area (TPSA) is 20.3 Å². The van der Waals surface area contributed by atoms with Gasteiger partial charge < -0.3 is 4.90 Å². The molecule has 20 heavy (non-hydrogen) atoms. The van der Waals surface area contributed by atoms with E-state index < -0.39 is 0 Å². The second-order valence-corrected chi connectivity index (χ2v) is 7.79. The second-order valence-electron chi connectivity index (χ2n) is 5.68. The predicted molar refractivity (Wildman–Crippen MR) is 85.8 cm³/mol. The number of fused-ring (bicyclic) bond motifs is 2. The molecule has 0 radical (unpaired) electrons. The molecule has 2 atom stereocenters. The van der Waals surface area contributed by atoms with Gasteiger partial charge in [0.1, 0.15) is 0 Å². The lowest BCUT2D eigenvalue weighted by Gasteiger charge is -2.37. The van der Waals surface area contributed by atoms with Crippen LogP contribution in [0.2, 0.25) is 10.0 Å². The molecule has 1 amide bonds. The van der Waals surface area contributed by atoms with Crippen molar-refractivity contribution in [3.05, 3.63) is 33.8 Å². The van der Waals surface area contributed by atoms with Crippen molar-refractivity contribution in [1.82, 2.24) is 4.90 Å². The maximum atomic E-state index is 12.6. The molecule has 2 aliphatic heterocycles. The highest BCUT2D eigenvalue weighted by molar-refractivity contribution is 9.09. The Labute approximate surface area is 137 Å². The summed E-state index contributed by atoms with van der Waals surface area (Å²) >= 11 is 15.6. The van der Waals surface area contributed by atoms with Crippen LogP contribution in [-0.4, -0.2) is 27.7 Å². The molecule has 2 bridgehead atoms. The molecule has 2 heterocycles. The lowest BCUT2D eigenvalue weighted by molar-refractivity contribution is -0.134. The first-order valence-electron chi connectivity index (χ1n) is 6.93. The van der Waals surface area contributed by atoms with Gasteiger partial charge in [-0.15, -0.1) is 0 Å². The predicted octanol–water partition coefficient (Wildman–Crippen LogP) is 4.45. The lowest BCUT2D eigenvalue weighted by Crippen LogP contribution is -2.47. The molecule has 0 N–H and O–H groups in total. The van der Waals surface area contributed by atoms with Crippen LogP contribution in [0.4, 0.5) is 0 Å².